The van der Waals surface area contributed by atoms with E-state index in [9.17, 15) is 14.3 Å². The highest BCUT2D eigenvalue weighted by Gasteiger charge is 2.25. The van der Waals surface area contributed by atoms with Crippen molar-refractivity contribution in [3.05, 3.63) is 24.3 Å². The molecule has 0 amide bonds. The summed E-state index contributed by atoms with van der Waals surface area (Å²) < 4.78 is 33.3. The van der Waals surface area contributed by atoms with Crippen LogP contribution in [-0.2, 0) is 27.9 Å². The lowest BCUT2D eigenvalue weighted by Gasteiger charge is -2.20. The van der Waals surface area contributed by atoms with Crippen LogP contribution in [0.25, 0.3) is 0 Å². The molecule has 0 bridgehead atoms. The first kappa shape index (κ1) is 46.0. The van der Waals surface area contributed by atoms with E-state index in [4.69, 9.17) is 24.3 Å². The Hall–Kier alpha value is -1.02. The van der Waals surface area contributed by atoms with Crippen molar-refractivity contribution >= 4 is 13.8 Å². The van der Waals surface area contributed by atoms with Crippen molar-refractivity contribution in [3.8, 4) is 0 Å². The molecule has 0 aliphatic rings. The second kappa shape index (κ2) is 36.3. The van der Waals surface area contributed by atoms with Gasteiger partial charge in [-0.05, 0) is 44.9 Å². The summed E-state index contributed by atoms with van der Waals surface area (Å²) in [4.78, 5) is 22.4. The molecule has 0 radical (unpaired) electrons. The number of allylic oxidation sites excluding steroid dienone is 4. The Bertz CT molecular complexity index is 777. The molecule has 0 saturated carbocycles. The fraction of sp³-hybridized carbons (Fsp3) is 0.868. The average molecular weight is 688 g/mol. The molecule has 0 aliphatic heterocycles. The largest absolute Gasteiger partial charge is 0.472 e. The lowest BCUT2D eigenvalue weighted by atomic mass is 10.0. The number of hydrogen-bond acceptors (Lipinski definition) is 7. The van der Waals surface area contributed by atoms with Gasteiger partial charge < -0.3 is 20.1 Å². The predicted octanol–water partition coefficient (Wildman–Crippen LogP) is 10.9. The highest BCUT2D eigenvalue weighted by molar-refractivity contribution is 7.47. The van der Waals surface area contributed by atoms with Gasteiger partial charge in [-0.1, -0.05) is 147 Å². The zero-order chi connectivity index (χ0) is 34.5. The molecule has 9 heteroatoms. The van der Waals surface area contributed by atoms with Gasteiger partial charge in [-0.25, -0.2) is 4.57 Å². The quantitative estimate of drug-likeness (QED) is 0.0287. The van der Waals surface area contributed by atoms with Gasteiger partial charge in [0.15, 0.2) is 0 Å². The maximum atomic E-state index is 12.5. The van der Waals surface area contributed by atoms with Crippen molar-refractivity contribution in [2.75, 3.05) is 33.0 Å². The summed E-state index contributed by atoms with van der Waals surface area (Å²) in [6.07, 6.45) is 37.5. The minimum atomic E-state index is -4.27. The second-order valence-corrected chi connectivity index (χ2v) is 14.2. The maximum absolute atomic E-state index is 12.5. The number of nitrogens with two attached hydrogens (primary N) is 1. The van der Waals surface area contributed by atoms with Crippen molar-refractivity contribution < 1.29 is 32.8 Å². The number of esters is 1. The lowest BCUT2D eigenvalue weighted by Crippen LogP contribution is -2.28. The number of hydrogen-bond donors (Lipinski definition) is 2. The van der Waals surface area contributed by atoms with Gasteiger partial charge in [0, 0.05) is 19.6 Å². The zero-order valence-corrected chi connectivity index (χ0v) is 31.4. The smallest absolute Gasteiger partial charge is 0.457 e. The van der Waals surface area contributed by atoms with Gasteiger partial charge in [0.25, 0.3) is 0 Å². The van der Waals surface area contributed by atoms with E-state index in [0.29, 0.717) is 13.0 Å². The molecule has 0 saturated heterocycles. The Labute approximate surface area is 289 Å². The van der Waals surface area contributed by atoms with Crippen LogP contribution in [0.1, 0.15) is 174 Å². The Kier molecular flexibility index (Phi) is 35.5. The molecule has 2 unspecified atom stereocenters. The number of ether oxygens (including phenoxy) is 2. The van der Waals surface area contributed by atoms with Crippen LogP contribution in [0.2, 0.25) is 0 Å². The van der Waals surface area contributed by atoms with Gasteiger partial charge in [0.2, 0.25) is 0 Å². The molecule has 0 aromatic rings. The third kappa shape index (κ3) is 36.1. The van der Waals surface area contributed by atoms with Crippen LogP contribution < -0.4 is 5.73 Å². The van der Waals surface area contributed by atoms with E-state index in [-0.39, 0.29) is 32.3 Å². The summed E-state index contributed by atoms with van der Waals surface area (Å²) in [6.45, 7) is 4.89. The number of rotatable bonds is 37. The van der Waals surface area contributed by atoms with E-state index in [0.717, 1.165) is 57.8 Å². The highest BCUT2D eigenvalue weighted by Crippen LogP contribution is 2.43. The average Bonchev–Trinajstić information content (AvgIpc) is 3.06. The van der Waals surface area contributed by atoms with Crippen LogP contribution >= 0.6 is 7.82 Å². The fourth-order valence-electron chi connectivity index (χ4n) is 5.26. The van der Waals surface area contributed by atoms with E-state index in [1.807, 2.05) is 0 Å². The van der Waals surface area contributed by atoms with Crippen LogP contribution in [0.3, 0.4) is 0 Å². The lowest BCUT2D eigenvalue weighted by molar-refractivity contribution is -0.154. The monoisotopic (exact) mass is 688 g/mol. The Morgan fingerprint density at radius 2 is 1.13 bits per heavy atom. The second-order valence-electron chi connectivity index (χ2n) is 12.8. The summed E-state index contributed by atoms with van der Waals surface area (Å²) in [5.74, 6) is -0.343. The molecular formula is C38H74NO7P. The molecule has 3 N–H and O–H groups in total. The maximum Gasteiger partial charge on any atom is 0.472 e. The van der Waals surface area contributed by atoms with E-state index >= 15 is 0 Å². The third-order valence-corrected chi connectivity index (χ3v) is 9.11. The predicted molar refractivity (Wildman–Crippen MR) is 197 cm³/mol. The molecule has 2 atom stereocenters. The minimum absolute atomic E-state index is 0.0966. The number of carbonyl (C=O) groups excluding carboxylic acids is 1. The standard InChI is InChI=1S/C38H74NO7P/c1-3-5-7-9-11-13-15-17-18-19-21-23-25-27-29-31-38(40)46-37(36-45-47(41,42)44-34-32-39)35-43-33-30-28-26-24-22-20-16-14-12-10-8-6-4-2/h11,13,17-18,37H,3-10,12,14-16,19-36,39H2,1-2H3,(H,41,42)/b13-11-,18-17-. The van der Waals surface area contributed by atoms with Crippen molar-refractivity contribution in [1.29, 1.82) is 0 Å². The number of unbranched alkanes of at least 4 members (excludes halogenated alkanes) is 20. The summed E-state index contributed by atoms with van der Waals surface area (Å²) >= 11 is 0. The van der Waals surface area contributed by atoms with Gasteiger partial charge in [-0.2, -0.15) is 0 Å². The van der Waals surface area contributed by atoms with E-state index < -0.39 is 13.9 Å². The van der Waals surface area contributed by atoms with E-state index in [1.54, 1.807) is 0 Å². The van der Waals surface area contributed by atoms with Crippen LogP contribution in [0.15, 0.2) is 24.3 Å². The molecular weight excluding hydrogens is 613 g/mol. The molecule has 0 spiro atoms. The van der Waals surface area contributed by atoms with Gasteiger partial charge in [-0.15, -0.1) is 0 Å². The first-order valence-electron chi connectivity index (χ1n) is 19.3. The molecule has 0 aromatic heterocycles. The normalized spacial score (nSPS) is 13.9. The number of phosphoric acid groups is 1. The summed E-state index contributed by atoms with van der Waals surface area (Å²) in [7, 11) is -4.27. The molecule has 8 nitrogen and oxygen atoms in total. The van der Waals surface area contributed by atoms with Crippen LogP contribution in [-0.4, -0.2) is 49.9 Å². The molecule has 0 rings (SSSR count). The van der Waals surface area contributed by atoms with Crippen molar-refractivity contribution in [3.63, 3.8) is 0 Å². The minimum Gasteiger partial charge on any atom is -0.457 e. The van der Waals surface area contributed by atoms with Crippen molar-refractivity contribution in [2.45, 2.75) is 180 Å². The summed E-state index contributed by atoms with van der Waals surface area (Å²) in [6, 6.07) is 0. The van der Waals surface area contributed by atoms with Gasteiger partial charge >= 0.3 is 13.8 Å². The molecule has 0 heterocycles. The van der Waals surface area contributed by atoms with Crippen LogP contribution in [0.4, 0.5) is 0 Å². The Morgan fingerprint density at radius 1 is 0.638 bits per heavy atom. The topological polar surface area (TPSA) is 117 Å². The highest BCUT2D eigenvalue weighted by atomic mass is 31.2. The summed E-state index contributed by atoms with van der Waals surface area (Å²) in [5.41, 5.74) is 5.35. The third-order valence-electron chi connectivity index (χ3n) is 8.12. The fourth-order valence-corrected chi connectivity index (χ4v) is 6.03. The first-order chi connectivity index (χ1) is 22.9. The molecule has 47 heavy (non-hydrogen) atoms. The molecule has 0 aromatic carbocycles. The molecule has 278 valence electrons. The van der Waals surface area contributed by atoms with Crippen molar-refractivity contribution in [1.82, 2.24) is 0 Å². The Morgan fingerprint density at radius 3 is 1.70 bits per heavy atom. The van der Waals surface area contributed by atoms with Gasteiger partial charge in [-0.3, -0.25) is 13.8 Å². The first-order valence-corrected chi connectivity index (χ1v) is 20.8. The zero-order valence-electron chi connectivity index (χ0n) is 30.5. The van der Waals surface area contributed by atoms with E-state index in [1.165, 1.54) is 96.3 Å². The Balaban J connectivity index is 4.10. The van der Waals surface area contributed by atoms with Gasteiger partial charge in [0.05, 0.1) is 19.8 Å². The van der Waals surface area contributed by atoms with Crippen molar-refractivity contribution in [2.24, 2.45) is 5.73 Å². The number of phosphoric ester groups is 1. The van der Waals surface area contributed by atoms with E-state index in [2.05, 4.69) is 38.2 Å². The summed E-state index contributed by atoms with van der Waals surface area (Å²) in [5, 5.41) is 0. The molecule has 0 fully saturated rings. The van der Waals surface area contributed by atoms with Gasteiger partial charge in [0.1, 0.15) is 6.10 Å². The molecule has 0 aliphatic carbocycles. The number of carbonyl (C=O) groups is 1. The SMILES string of the molecule is CCCCC/C=C\C/C=C\CCCCCCCC(=O)OC(COCCCCCCCCCCCCCCC)COP(=O)(O)OCCN. The van der Waals surface area contributed by atoms with Crippen LogP contribution in [0, 0.1) is 0 Å². The van der Waals surface area contributed by atoms with Crippen LogP contribution in [0.5, 0.6) is 0 Å².